The zero-order valence-electron chi connectivity index (χ0n) is 6.24. The molecule has 0 N–H and O–H groups in total. The fourth-order valence-corrected chi connectivity index (χ4v) is 1.83. The molecule has 3 heteroatoms. The summed E-state index contributed by atoms with van der Waals surface area (Å²) in [5, 5.41) is 0. The number of allylic oxidation sites excluding steroid dienone is 3. The third kappa shape index (κ3) is 1.07. The predicted octanol–water partition coefficient (Wildman–Crippen LogP) is 2.22. The molecule has 0 amide bonds. The van der Waals surface area contributed by atoms with Gasteiger partial charge >= 0.3 is 0 Å². The summed E-state index contributed by atoms with van der Waals surface area (Å²) < 4.78 is 2.17. The molecule has 0 aromatic heterocycles. The molecule has 58 valence electrons. The highest BCUT2D eigenvalue weighted by molar-refractivity contribution is 14.1. The SMILES string of the molecule is C[C@@H]1N(I)C=C2C=CC=CN21. The molecule has 0 aromatic carbocycles. The molecule has 2 nitrogen and oxygen atoms in total. The van der Waals surface area contributed by atoms with Crippen molar-refractivity contribution in [3.8, 4) is 0 Å². The molecule has 0 unspecified atom stereocenters. The number of nitrogens with zero attached hydrogens (tertiary/aromatic N) is 2. The molecule has 0 spiro atoms. The minimum Gasteiger partial charge on any atom is -0.325 e. The Morgan fingerprint density at radius 3 is 3.00 bits per heavy atom. The van der Waals surface area contributed by atoms with Crippen LogP contribution in [0.25, 0.3) is 0 Å². The lowest BCUT2D eigenvalue weighted by atomic mass is 10.3. The first-order valence-electron chi connectivity index (χ1n) is 3.58. The lowest BCUT2D eigenvalue weighted by Crippen LogP contribution is -2.28. The average Bonchev–Trinajstić information content (AvgIpc) is 2.30. The van der Waals surface area contributed by atoms with Crippen molar-refractivity contribution in [3.63, 3.8) is 0 Å². The van der Waals surface area contributed by atoms with E-state index in [9.17, 15) is 0 Å². The van der Waals surface area contributed by atoms with E-state index in [1.54, 1.807) is 0 Å². The van der Waals surface area contributed by atoms with Crippen LogP contribution in [0.5, 0.6) is 0 Å². The van der Waals surface area contributed by atoms with Gasteiger partial charge in [-0.15, -0.1) is 0 Å². The van der Waals surface area contributed by atoms with Crippen molar-refractivity contribution in [2.24, 2.45) is 0 Å². The monoisotopic (exact) mass is 260 g/mol. The van der Waals surface area contributed by atoms with E-state index in [2.05, 4.69) is 68.4 Å². The molecule has 1 atom stereocenters. The van der Waals surface area contributed by atoms with Crippen LogP contribution in [-0.2, 0) is 0 Å². The first-order chi connectivity index (χ1) is 5.29. The Morgan fingerprint density at radius 1 is 1.45 bits per heavy atom. The van der Waals surface area contributed by atoms with Crippen molar-refractivity contribution in [3.05, 3.63) is 36.3 Å². The third-order valence-electron chi connectivity index (χ3n) is 1.94. The van der Waals surface area contributed by atoms with Gasteiger partial charge < -0.3 is 4.90 Å². The van der Waals surface area contributed by atoms with Crippen molar-refractivity contribution in [2.45, 2.75) is 13.1 Å². The van der Waals surface area contributed by atoms with Gasteiger partial charge in [0.1, 0.15) is 6.17 Å². The number of fused-ring (bicyclic) bond motifs is 1. The number of hydrogen-bond donors (Lipinski definition) is 0. The maximum absolute atomic E-state index is 2.31. The van der Waals surface area contributed by atoms with E-state index in [4.69, 9.17) is 0 Å². The summed E-state index contributed by atoms with van der Waals surface area (Å²) in [6.07, 6.45) is 10.9. The number of halogens is 1. The lowest BCUT2D eigenvalue weighted by Gasteiger charge is -2.25. The molecule has 2 aliphatic heterocycles. The summed E-state index contributed by atoms with van der Waals surface area (Å²) >= 11 is 2.31. The summed E-state index contributed by atoms with van der Waals surface area (Å²) in [5.41, 5.74) is 1.27. The van der Waals surface area contributed by atoms with Crippen LogP contribution in [0.4, 0.5) is 0 Å². The van der Waals surface area contributed by atoms with Gasteiger partial charge in [-0.05, 0) is 19.1 Å². The van der Waals surface area contributed by atoms with Gasteiger partial charge in [0, 0.05) is 12.4 Å². The zero-order chi connectivity index (χ0) is 7.84. The minimum absolute atomic E-state index is 0.451. The molecule has 0 fully saturated rings. The van der Waals surface area contributed by atoms with Crippen LogP contribution >= 0.6 is 22.9 Å². The standard InChI is InChI=1S/C8H9IN2/c1-7-10-5-3-2-4-8(10)6-11(7)9/h2-7H,1H3/t7-/m0/s1. The summed E-state index contributed by atoms with van der Waals surface area (Å²) in [5.74, 6) is 0. The molecule has 0 aromatic rings. The molecule has 2 aliphatic rings. The number of rotatable bonds is 0. The van der Waals surface area contributed by atoms with Gasteiger partial charge in [0.2, 0.25) is 0 Å². The van der Waals surface area contributed by atoms with E-state index in [0.29, 0.717) is 6.17 Å². The molecule has 0 saturated heterocycles. The van der Waals surface area contributed by atoms with Gasteiger partial charge in [-0.3, -0.25) is 3.11 Å². The van der Waals surface area contributed by atoms with Gasteiger partial charge in [0.05, 0.1) is 28.6 Å². The fraction of sp³-hybridized carbons (Fsp3) is 0.250. The first-order valence-corrected chi connectivity index (χ1v) is 4.54. The van der Waals surface area contributed by atoms with Crippen LogP contribution in [0.1, 0.15) is 6.92 Å². The highest BCUT2D eigenvalue weighted by Crippen LogP contribution is 2.28. The lowest BCUT2D eigenvalue weighted by molar-refractivity contribution is 0.319. The first kappa shape index (κ1) is 7.21. The van der Waals surface area contributed by atoms with E-state index in [0.717, 1.165) is 0 Å². The second-order valence-corrected chi connectivity index (χ2v) is 3.75. The molecule has 0 saturated carbocycles. The molecule has 2 heterocycles. The van der Waals surface area contributed by atoms with Crippen molar-refractivity contribution < 1.29 is 0 Å². The van der Waals surface area contributed by atoms with Crippen molar-refractivity contribution in [1.29, 1.82) is 0 Å². The van der Waals surface area contributed by atoms with Gasteiger partial charge in [0.15, 0.2) is 0 Å². The number of hydrogen-bond acceptors (Lipinski definition) is 2. The summed E-state index contributed by atoms with van der Waals surface area (Å²) in [6, 6.07) is 0. The topological polar surface area (TPSA) is 6.48 Å². The highest BCUT2D eigenvalue weighted by atomic mass is 127. The molecular formula is C8H9IN2. The second kappa shape index (κ2) is 2.55. The molecule has 2 rings (SSSR count). The Hall–Kier alpha value is -0.450. The zero-order valence-corrected chi connectivity index (χ0v) is 8.39. The van der Waals surface area contributed by atoms with Gasteiger partial charge in [-0.25, -0.2) is 0 Å². The van der Waals surface area contributed by atoms with Crippen molar-refractivity contribution >= 4 is 22.9 Å². The Bertz CT molecular complexity index is 255. The van der Waals surface area contributed by atoms with E-state index in [-0.39, 0.29) is 0 Å². The van der Waals surface area contributed by atoms with Crippen LogP contribution in [0, 0.1) is 0 Å². The Morgan fingerprint density at radius 2 is 2.27 bits per heavy atom. The van der Waals surface area contributed by atoms with Crippen molar-refractivity contribution in [1.82, 2.24) is 8.01 Å². The summed E-state index contributed by atoms with van der Waals surface area (Å²) in [6.45, 7) is 2.18. The second-order valence-electron chi connectivity index (χ2n) is 2.64. The van der Waals surface area contributed by atoms with Crippen LogP contribution < -0.4 is 0 Å². The van der Waals surface area contributed by atoms with E-state index >= 15 is 0 Å². The van der Waals surface area contributed by atoms with Gasteiger partial charge in [0.25, 0.3) is 0 Å². The summed E-state index contributed by atoms with van der Waals surface area (Å²) in [7, 11) is 0. The Labute approximate surface area is 80.4 Å². The molecule has 11 heavy (non-hydrogen) atoms. The van der Waals surface area contributed by atoms with E-state index in [1.165, 1.54) is 5.70 Å². The highest BCUT2D eigenvalue weighted by Gasteiger charge is 2.24. The molecular weight excluding hydrogens is 251 g/mol. The van der Waals surface area contributed by atoms with Crippen LogP contribution in [0.2, 0.25) is 0 Å². The third-order valence-corrected chi connectivity index (χ3v) is 3.02. The van der Waals surface area contributed by atoms with Crippen LogP contribution in [0.15, 0.2) is 36.3 Å². The van der Waals surface area contributed by atoms with E-state index < -0.39 is 0 Å². The largest absolute Gasteiger partial charge is 0.325 e. The average molecular weight is 260 g/mol. The normalized spacial score (nSPS) is 27.5. The van der Waals surface area contributed by atoms with Crippen LogP contribution in [0.3, 0.4) is 0 Å². The van der Waals surface area contributed by atoms with E-state index in [1.807, 2.05) is 0 Å². The van der Waals surface area contributed by atoms with Gasteiger partial charge in [-0.2, -0.15) is 0 Å². The predicted molar refractivity (Wildman–Crippen MR) is 53.5 cm³/mol. The van der Waals surface area contributed by atoms with Crippen molar-refractivity contribution in [2.75, 3.05) is 0 Å². The maximum Gasteiger partial charge on any atom is 0.112 e. The fourth-order valence-electron chi connectivity index (χ4n) is 1.27. The quantitative estimate of drug-likeness (QED) is 0.486. The maximum atomic E-state index is 2.31. The Balaban J connectivity index is 2.32. The summed E-state index contributed by atoms with van der Waals surface area (Å²) in [4.78, 5) is 2.24. The van der Waals surface area contributed by atoms with Crippen LogP contribution in [-0.4, -0.2) is 14.2 Å². The minimum atomic E-state index is 0.451. The molecule has 0 bridgehead atoms. The molecule has 0 aliphatic carbocycles. The Kier molecular flexibility index (Phi) is 1.67. The smallest absolute Gasteiger partial charge is 0.112 e. The van der Waals surface area contributed by atoms with Gasteiger partial charge in [-0.1, -0.05) is 6.08 Å². The molecule has 0 radical (unpaired) electrons.